The first kappa shape index (κ1) is 18.5. The fraction of sp³-hybridized carbons (Fsp3) is 0.333. The van der Waals surface area contributed by atoms with Crippen LogP contribution in [0.1, 0.15) is 37.3 Å². The molecule has 2 aromatic carbocycles. The van der Waals surface area contributed by atoms with Gasteiger partial charge in [-0.3, -0.25) is 10.1 Å². The zero-order valence-corrected chi connectivity index (χ0v) is 14.9. The predicted octanol–water partition coefficient (Wildman–Crippen LogP) is 4.04. The van der Waals surface area contributed by atoms with Crippen LogP contribution in [0.4, 0.5) is 10.1 Å². The van der Waals surface area contributed by atoms with Crippen molar-refractivity contribution in [3.63, 3.8) is 0 Å². The van der Waals surface area contributed by atoms with Gasteiger partial charge in [0.15, 0.2) is 4.90 Å². The summed E-state index contributed by atoms with van der Waals surface area (Å²) in [4.78, 5) is 10.3. The largest absolute Gasteiger partial charge is 0.289 e. The van der Waals surface area contributed by atoms with Crippen LogP contribution >= 0.6 is 0 Å². The zero-order valence-electron chi connectivity index (χ0n) is 14.0. The molecule has 0 radical (unpaired) electrons. The summed E-state index contributed by atoms with van der Waals surface area (Å²) in [5, 5.41) is 11.3. The summed E-state index contributed by atoms with van der Waals surface area (Å²) in [5.74, 6) is -0.435. The number of benzene rings is 2. The minimum atomic E-state index is -4.10. The maximum absolute atomic E-state index is 13.7. The third kappa shape index (κ3) is 3.61. The maximum atomic E-state index is 13.7. The molecule has 0 saturated carbocycles. The Kier molecular flexibility index (Phi) is 5.33. The highest BCUT2D eigenvalue weighted by Gasteiger charge is 2.37. The lowest BCUT2D eigenvalue weighted by atomic mass is 10.0. The van der Waals surface area contributed by atoms with E-state index in [1.165, 1.54) is 40.7 Å². The van der Waals surface area contributed by atoms with Crippen LogP contribution < -0.4 is 0 Å². The van der Waals surface area contributed by atoms with Crippen molar-refractivity contribution in [1.82, 2.24) is 4.31 Å². The molecule has 8 heteroatoms. The lowest BCUT2D eigenvalue weighted by molar-refractivity contribution is -0.387. The summed E-state index contributed by atoms with van der Waals surface area (Å²) in [7, 11) is -4.10. The van der Waals surface area contributed by atoms with Crippen LogP contribution in [-0.4, -0.2) is 24.2 Å². The van der Waals surface area contributed by atoms with Crippen molar-refractivity contribution in [3.05, 3.63) is 70.0 Å². The predicted molar refractivity (Wildman–Crippen MR) is 94.6 cm³/mol. The SMILES string of the molecule is O=[N+]([O-])c1ccccc1S(=O)(=O)N1CCCCC[C@@H]1c1cccc(F)c1. The molecule has 1 aliphatic heterocycles. The molecule has 2 aromatic rings. The van der Waals surface area contributed by atoms with Crippen molar-refractivity contribution in [2.75, 3.05) is 6.54 Å². The van der Waals surface area contributed by atoms with Gasteiger partial charge in [-0.2, -0.15) is 4.31 Å². The number of hydrogen-bond acceptors (Lipinski definition) is 4. The molecule has 1 heterocycles. The first-order valence-electron chi connectivity index (χ1n) is 8.42. The first-order chi connectivity index (χ1) is 12.4. The Morgan fingerprint density at radius 3 is 2.58 bits per heavy atom. The van der Waals surface area contributed by atoms with Crippen molar-refractivity contribution >= 4 is 15.7 Å². The third-order valence-electron chi connectivity index (χ3n) is 4.59. The summed E-state index contributed by atoms with van der Waals surface area (Å²) in [6, 6.07) is 10.7. The van der Waals surface area contributed by atoms with E-state index in [2.05, 4.69) is 0 Å². The van der Waals surface area contributed by atoms with Gasteiger partial charge in [-0.15, -0.1) is 0 Å². The number of para-hydroxylation sites is 1. The molecule has 3 rings (SSSR count). The highest BCUT2D eigenvalue weighted by atomic mass is 32.2. The Hall–Kier alpha value is -2.32. The fourth-order valence-corrected chi connectivity index (χ4v) is 5.21. The van der Waals surface area contributed by atoms with Crippen molar-refractivity contribution in [2.24, 2.45) is 0 Å². The van der Waals surface area contributed by atoms with Crippen LogP contribution in [0.15, 0.2) is 53.4 Å². The summed E-state index contributed by atoms with van der Waals surface area (Å²) in [5.41, 5.74) is 0.115. The summed E-state index contributed by atoms with van der Waals surface area (Å²) < 4.78 is 41.5. The molecule has 26 heavy (non-hydrogen) atoms. The highest BCUT2D eigenvalue weighted by molar-refractivity contribution is 7.89. The molecule has 1 atom stereocenters. The lowest BCUT2D eigenvalue weighted by Gasteiger charge is -2.29. The van der Waals surface area contributed by atoms with Gasteiger partial charge in [0.05, 0.1) is 11.0 Å². The minimum absolute atomic E-state index is 0.246. The topological polar surface area (TPSA) is 80.5 Å². The second-order valence-corrected chi connectivity index (χ2v) is 8.12. The third-order valence-corrected chi connectivity index (χ3v) is 6.54. The number of hydrogen-bond donors (Lipinski definition) is 0. The molecular weight excluding hydrogens is 359 g/mol. The second kappa shape index (κ2) is 7.51. The molecule has 0 amide bonds. The number of nitro groups is 1. The van der Waals surface area contributed by atoms with Crippen molar-refractivity contribution in [2.45, 2.75) is 36.6 Å². The van der Waals surface area contributed by atoms with Crippen LogP contribution in [0.3, 0.4) is 0 Å². The molecule has 0 aliphatic carbocycles. The second-order valence-electron chi connectivity index (χ2n) is 6.26. The molecule has 0 unspecified atom stereocenters. The van der Waals surface area contributed by atoms with Gasteiger partial charge in [0.2, 0.25) is 10.0 Å². The quantitative estimate of drug-likeness (QED) is 0.594. The van der Waals surface area contributed by atoms with Crippen LogP contribution in [0.5, 0.6) is 0 Å². The standard InChI is InChI=1S/C18H19FN2O4S/c19-15-8-6-7-14(13-15)16-9-2-1-5-12-20(16)26(24,25)18-11-4-3-10-17(18)21(22)23/h3-4,6-8,10-11,13,16H,1-2,5,9,12H2/t16-/m1/s1. The van der Waals surface area contributed by atoms with Crippen LogP contribution in [0.25, 0.3) is 0 Å². The molecule has 0 spiro atoms. The Morgan fingerprint density at radius 2 is 1.85 bits per heavy atom. The molecule has 0 N–H and O–H groups in total. The lowest BCUT2D eigenvalue weighted by Crippen LogP contribution is -2.35. The monoisotopic (exact) mass is 378 g/mol. The van der Waals surface area contributed by atoms with E-state index in [4.69, 9.17) is 0 Å². The molecule has 1 fully saturated rings. The zero-order chi connectivity index (χ0) is 18.7. The smallest absolute Gasteiger partial charge is 0.258 e. The molecule has 1 saturated heterocycles. The van der Waals surface area contributed by atoms with E-state index >= 15 is 0 Å². The van der Waals surface area contributed by atoms with E-state index in [1.54, 1.807) is 12.1 Å². The molecule has 1 aliphatic rings. The van der Waals surface area contributed by atoms with Crippen molar-refractivity contribution in [1.29, 1.82) is 0 Å². The number of nitrogens with zero attached hydrogens (tertiary/aromatic N) is 2. The normalized spacial score (nSPS) is 19.0. The van der Waals surface area contributed by atoms with E-state index in [0.717, 1.165) is 12.8 Å². The maximum Gasteiger partial charge on any atom is 0.289 e. The molecule has 0 aromatic heterocycles. The Morgan fingerprint density at radius 1 is 1.08 bits per heavy atom. The molecule has 6 nitrogen and oxygen atoms in total. The Bertz CT molecular complexity index is 917. The summed E-state index contributed by atoms with van der Waals surface area (Å²) in [6.45, 7) is 0.246. The molecular formula is C18H19FN2O4S. The van der Waals surface area contributed by atoms with Gasteiger partial charge in [0.25, 0.3) is 5.69 Å². The van der Waals surface area contributed by atoms with E-state index < -0.39 is 32.5 Å². The highest BCUT2D eigenvalue weighted by Crippen LogP contribution is 2.37. The summed E-state index contributed by atoms with van der Waals surface area (Å²) >= 11 is 0. The Balaban J connectivity index is 2.10. The average Bonchev–Trinajstić information content (AvgIpc) is 2.88. The summed E-state index contributed by atoms with van der Waals surface area (Å²) in [6.07, 6.45) is 2.87. The van der Waals surface area contributed by atoms with Gasteiger partial charge in [-0.1, -0.05) is 37.1 Å². The number of halogens is 1. The number of nitro benzene ring substituents is 1. The van der Waals surface area contributed by atoms with E-state index in [1.807, 2.05) is 0 Å². The van der Waals surface area contributed by atoms with Crippen molar-refractivity contribution in [3.8, 4) is 0 Å². The van der Waals surface area contributed by atoms with Crippen molar-refractivity contribution < 1.29 is 17.7 Å². The van der Waals surface area contributed by atoms with Gasteiger partial charge in [0, 0.05) is 12.6 Å². The number of rotatable bonds is 4. The van der Waals surface area contributed by atoms with Gasteiger partial charge in [-0.25, -0.2) is 12.8 Å². The van der Waals surface area contributed by atoms with Crippen LogP contribution in [0.2, 0.25) is 0 Å². The van der Waals surface area contributed by atoms with Crippen LogP contribution in [0, 0.1) is 15.9 Å². The minimum Gasteiger partial charge on any atom is -0.258 e. The van der Waals surface area contributed by atoms with E-state index in [-0.39, 0.29) is 11.4 Å². The first-order valence-corrected chi connectivity index (χ1v) is 9.86. The molecule has 0 bridgehead atoms. The van der Waals surface area contributed by atoms with Gasteiger partial charge in [0.1, 0.15) is 5.82 Å². The fourth-order valence-electron chi connectivity index (χ4n) is 3.37. The number of sulfonamides is 1. The van der Waals surface area contributed by atoms with Gasteiger partial charge >= 0.3 is 0 Å². The van der Waals surface area contributed by atoms with Gasteiger partial charge in [-0.05, 0) is 36.6 Å². The van der Waals surface area contributed by atoms with Gasteiger partial charge < -0.3 is 0 Å². The van der Waals surface area contributed by atoms with E-state index in [9.17, 15) is 22.9 Å². The average molecular weight is 378 g/mol. The Labute approximate surface area is 151 Å². The van der Waals surface area contributed by atoms with E-state index in [0.29, 0.717) is 18.4 Å². The molecule has 138 valence electrons. The van der Waals surface area contributed by atoms with Crippen LogP contribution in [-0.2, 0) is 10.0 Å².